The van der Waals surface area contributed by atoms with Crippen LogP contribution in [0.5, 0.6) is 0 Å². The van der Waals surface area contributed by atoms with Crippen LogP contribution in [0, 0.1) is 11.2 Å². The van der Waals surface area contributed by atoms with E-state index in [4.69, 9.17) is 23.2 Å². The van der Waals surface area contributed by atoms with E-state index in [0.29, 0.717) is 13.0 Å². The van der Waals surface area contributed by atoms with Crippen LogP contribution in [0.15, 0.2) is 24.3 Å². The molecular formula is C17H21Cl2FN2O. The van der Waals surface area contributed by atoms with Crippen LogP contribution in [-0.4, -0.2) is 46.2 Å². The van der Waals surface area contributed by atoms with E-state index in [-0.39, 0.29) is 11.7 Å². The lowest BCUT2D eigenvalue weighted by Crippen LogP contribution is -2.40. The van der Waals surface area contributed by atoms with Gasteiger partial charge >= 0.3 is 0 Å². The highest BCUT2D eigenvalue weighted by Gasteiger charge is 2.68. The highest BCUT2D eigenvalue weighted by atomic mass is 35.5. The van der Waals surface area contributed by atoms with Crippen LogP contribution in [0.2, 0.25) is 0 Å². The Kier molecular flexibility index (Phi) is 4.60. The largest absolute Gasteiger partial charge is 0.341 e. The second kappa shape index (κ2) is 6.23. The number of nitrogens with zero attached hydrogens (tertiary/aromatic N) is 2. The van der Waals surface area contributed by atoms with Gasteiger partial charge in [0.25, 0.3) is 0 Å². The van der Waals surface area contributed by atoms with Gasteiger partial charge in [0.15, 0.2) is 0 Å². The molecule has 23 heavy (non-hydrogen) atoms. The van der Waals surface area contributed by atoms with Crippen molar-refractivity contribution >= 4 is 29.1 Å². The number of benzene rings is 1. The minimum atomic E-state index is -0.913. The van der Waals surface area contributed by atoms with Gasteiger partial charge in [0.05, 0.1) is 5.41 Å². The minimum absolute atomic E-state index is 0.0612. The van der Waals surface area contributed by atoms with Crippen molar-refractivity contribution in [2.24, 2.45) is 5.41 Å². The quantitative estimate of drug-likeness (QED) is 0.772. The van der Waals surface area contributed by atoms with E-state index in [1.54, 1.807) is 0 Å². The molecule has 1 saturated carbocycles. The summed E-state index contributed by atoms with van der Waals surface area (Å²) in [6.07, 6.45) is 1.44. The third-order valence-electron chi connectivity index (χ3n) is 4.93. The first-order valence-corrected chi connectivity index (χ1v) is 8.71. The molecule has 0 N–H and O–H groups in total. The topological polar surface area (TPSA) is 23.6 Å². The zero-order valence-corrected chi connectivity index (χ0v) is 14.7. The van der Waals surface area contributed by atoms with Crippen molar-refractivity contribution in [1.29, 1.82) is 0 Å². The molecule has 1 heterocycles. The Morgan fingerprint density at radius 2 is 1.83 bits per heavy atom. The lowest BCUT2D eigenvalue weighted by Gasteiger charge is -2.25. The van der Waals surface area contributed by atoms with Crippen LogP contribution in [0.25, 0.3) is 0 Å². The molecule has 6 heteroatoms. The molecule has 2 aliphatic rings. The number of alkyl halides is 2. The van der Waals surface area contributed by atoms with Crippen molar-refractivity contribution < 1.29 is 9.18 Å². The van der Waals surface area contributed by atoms with Gasteiger partial charge in [-0.1, -0.05) is 12.1 Å². The second-order valence-electron chi connectivity index (χ2n) is 6.76. The number of carbonyl (C=O) groups is 1. The summed E-state index contributed by atoms with van der Waals surface area (Å²) in [4.78, 5) is 16.8. The fraction of sp³-hybridized carbons (Fsp3) is 0.588. The van der Waals surface area contributed by atoms with Gasteiger partial charge < -0.3 is 4.90 Å². The predicted octanol–water partition coefficient (Wildman–Crippen LogP) is 3.44. The number of hydrogen-bond donors (Lipinski definition) is 0. The molecule has 3 nitrogen and oxygen atoms in total. The summed E-state index contributed by atoms with van der Waals surface area (Å²) < 4.78 is 12.1. The molecule has 2 fully saturated rings. The molecule has 126 valence electrons. The Hall–Kier alpha value is -0.840. The van der Waals surface area contributed by atoms with Gasteiger partial charge in [-0.2, -0.15) is 0 Å². The van der Waals surface area contributed by atoms with Crippen molar-refractivity contribution in [3.8, 4) is 0 Å². The van der Waals surface area contributed by atoms with Gasteiger partial charge in [0, 0.05) is 32.7 Å². The van der Waals surface area contributed by atoms with Gasteiger partial charge in [0.2, 0.25) is 5.91 Å². The van der Waals surface area contributed by atoms with Gasteiger partial charge in [-0.3, -0.25) is 9.69 Å². The van der Waals surface area contributed by atoms with Crippen LogP contribution in [0.4, 0.5) is 4.39 Å². The molecule has 0 spiro atoms. The smallest absolute Gasteiger partial charge is 0.231 e. The van der Waals surface area contributed by atoms with Crippen molar-refractivity contribution in [3.63, 3.8) is 0 Å². The van der Waals surface area contributed by atoms with Gasteiger partial charge in [0.1, 0.15) is 10.2 Å². The second-order valence-corrected chi connectivity index (χ2v) is 8.25. The van der Waals surface area contributed by atoms with Crippen LogP contribution in [-0.2, 0) is 11.3 Å². The summed E-state index contributed by atoms with van der Waals surface area (Å²) in [5, 5.41) is 0. The van der Waals surface area contributed by atoms with Gasteiger partial charge in [-0.25, -0.2) is 4.39 Å². The van der Waals surface area contributed by atoms with Crippen LogP contribution >= 0.6 is 23.2 Å². The Morgan fingerprint density at radius 3 is 2.43 bits per heavy atom. The minimum Gasteiger partial charge on any atom is -0.341 e. The standard InChI is InChI=1S/C17H21Cl2FN2O/c1-16(12-17(16,18)19)15(23)22-8-2-7-21(9-10-22)11-13-3-5-14(20)6-4-13/h3-6H,2,7-12H2,1H3. The van der Waals surface area contributed by atoms with E-state index in [9.17, 15) is 9.18 Å². The maximum absolute atomic E-state index is 13.0. The fourth-order valence-corrected chi connectivity index (χ4v) is 3.86. The summed E-state index contributed by atoms with van der Waals surface area (Å²) in [6, 6.07) is 6.59. The first kappa shape index (κ1) is 17.0. The summed E-state index contributed by atoms with van der Waals surface area (Å²) >= 11 is 12.3. The van der Waals surface area contributed by atoms with Gasteiger partial charge in [-0.05, 0) is 37.5 Å². The molecule has 1 aromatic rings. The molecule has 0 radical (unpaired) electrons. The average molecular weight is 359 g/mol. The first-order chi connectivity index (χ1) is 10.8. The Balaban J connectivity index is 1.57. The Morgan fingerprint density at radius 1 is 1.17 bits per heavy atom. The number of rotatable bonds is 3. The van der Waals surface area contributed by atoms with E-state index >= 15 is 0 Å². The molecule has 0 bridgehead atoms. The Bertz CT molecular complexity index is 593. The van der Waals surface area contributed by atoms with E-state index in [2.05, 4.69) is 4.90 Å². The SMILES string of the molecule is CC1(C(=O)N2CCCN(Cc3ccc(F)cc3)CC2)CC1(Cl)Cl. The monoisotopic (exact) mass is 358 g/mol. The lowest BCUT2D eigenvalue weighted by molar-refractivity contribution is -0.136. The zero-order chi connectivity index (χ0) is 16.7. The summed E-state index contributed by atoms with van der Waals surface area (Å²) in [5.41, 5.74) is 0.447. The predicted molar refractivity (Wildman–Crippen MR) is 90.0 cm³/mol. The van der Waals surface area contributed by atoms with E-state index in [1.165, 1.54) is 12.1 Å². The molecule has 1 amide bonds. The van der Waals surface area contributed by atoms with Crippen molar-refractivity contribution in [2.75, 3.05) is 26.2 Å². The number of halogens is 3. The molecule has 1 atom stereocenters. The molecule has 1 unspecified atom stereocenters. The molecule has 1 saturated heterocycles. The number of amides is 1. The van der Waals surface area contributed by atoms with Crippen molar-refractivity contribution in [2.45, 2.75) is 30.6 Å². The van der Waals surface area contributed by atoms with Crippen LogP contribution < -0.4 is 0 Å². The summed E-state index contributed by atoms with van der Waals surface area (Å²) in [6.45, 7) is 5.75. The highest BCUT2D eigenvalue weighted by Crippen LogP contribution is 2.64. The van der Waals surface area contributed by atoms with E-state index < -0.39 is 9.75 Å². The maximum atomic E-state index is 13.0. The first-order valence-electron chi connectivity index (χ1n) is 7.96. The van der Waals surface area contributed by atoms with E-state index in [0.717, 1.165) is 38.2 Å². The molecular weight excluding hydrogens is 338 g/mol. The highest BCUT2D eigenvalue weighted by molar-refractivity contribution is 6.53. The molecule has 3 rings (SSSR count). The third-order valence-corrected chi connectivity index (χ3v) is 6.03. The zero-order valence-electron chi connectivity index (χ0n) is 13.2. The van der Waals surface area contributed by atoms with Crippen molar-refractivity contribution in [1.82, 2.24) is 9.80 Å². The average Bonchev–Trinajstić information content (AvgIpc) is 3.11. The maximum Gasteiger partial charge on any atom is 0.231 e. The molecule has 1 aliphatic carbocycles. The van der Waals surface area contributed by atoms with E-state index in [1.807, 2.05) is 24.0 Å². The normalized spacial score (nSPS) is 27.6. The summed E-state index contributed by atoms with van der Waals surface area (Å²) in [7, 11) is 0. The van der Waals surface area contributed by atoms with Crippen LogP contribution in [0.3, 0.4) is 0 Å². The molecule has 0 aromatic heterocycles. The van der Waals surface area contributed by atoms with Crippen molar-refractivity contribution in [3.05, 3.63) is 35.6 Å². The molecule has 1 aliphatic heterocycles. The number of carbonyl (C=O) groups excluding carboxylic acids is 1. The molecule has 1 aromatic carbocycles. The number of hydrogen-bond acceptors (Lipinski definition) is 2. The van der Waals surface area contributed by atoms with Crippen LogP contribution in [0.1, 0.15) is 25.3 Å². The third kappa shape index (κ3) is 3.49. The Labute approximate surface area is 146 Å². The lowest BCUT2D eigenvalue weighted by atomic mass is 10.1. The fourth-order valence-electron chi connectivity index (χ4n) is 3.16. The summed E-state index contributed by atoms with van der Waals surface area (Å²) in [5.74, 6) is -0.157. The van der Waals surface area contributed by atoms with Gasteiger partial charge in [-0.15, -0.1) is 23.2 Å².